The first kappa shape index (κ1) is 23.9. The summed E-state index contributed by atoms with van der Waals surface area (Å²) in [5, 5.41) is 7.58. The Morgan fingerprint density at radius 2 is 1.63 bits per heavy atom. The van der Waals surface area contributed by atoms with Crippen molar-refractivity contribution in [1.29, 1.82) is 0 Å². The van der Waals surface area contributed by atoms with E-state index in [-0.39, 0.29) is 23.3 Å². The average molecular weight is 472 g/mol. The van der Waals surface area contributed by atoms with Gasteiger partial charge in [0.1, 0.15) is 11.5 Å². The second-order valence-electron chi connectivity index (χ2n) is 8.52. The molecule has 0 saturated heterocycles. The number of rotatable bonds is 6. The number of aryl methyl sites for hydroxylation is 1. The molecule has 0 unspecified atom stereocenters. The molecule has 0 bridgehead atoms. The summed E-state index contributed by atoms with van der Waals surface area (Å²) in [5.74, 6) is -1.05. The minimum atomic E-state index is -0.526. The molecule has 3 aromatic carbocycles. The van der Waals surface area contributed by atoms with Crippen molar-refractivity contribution in [3.63, 3.8) is 0 Å². The van der Waals surface area contributed by atoms with Crippen LogP contribution < -0.4 is 10.1 Å². The van der Waals surface area contributed by atoms with E-state index in [1.54, 1.807) is 42.5 Å². The van der Waals surface area contributed by atoms with Crippen LogP contribution in [0.5, 0.6) is 5.88 Å². The molecule has 0 aliphatic heterocycles. The van der Waals surface area contributed by atoms with Crippen LogP contribution in [0.15, 0.2) is 72.8 Å². The van der Waals surface area contributed by atoms with Gasteiger partial charge in [0.2, 0.25) is 11.8 Å². The Morgan fingerprint density at radius 1 is 0.971 bits per heavy atom. The fourth-order valence-corrected chi connectivity index (χ4v) is 3.71. The largest absolute Gasteiger partial charge is 0.407 e. The van der Waals surface area contributed by atoms with Crippen molar-refractivity contribution in [3.05, 3.63) is 84.2 Å². The van der Waals surface area contributed by atoms with Crippen LogP contribution in [0.4, 0.5) is 10.1 Å². The third kappa shape index (κ3) is 4.99. The second kappa shape index (κ2) is 9.93. The smallest absolute Gasteiger partial charge is 0.309 e. The SMILES string of the molecule is CC(=O)Oc1c(-c2ccc(NC(=O)C(C)C)cc2)c(-c2ccccc2F)nn1-c1ccccc1C. The lowest BCUT2D eigenvalue weighted by Crippen LogP contribution is -2.17. The van der Waals surface area contributed by atoms with Crippen molar-refractivity contribution in [2.45, 2.75) is 27.7 Å². The van der Waals surface area contributed by atoms with Gasteiger partial charge in [-0.3, -0.25) is 9.59 Å². The summed E-state index contributed by atoms with van der Waals surface area (Å²) >= 11 is 0. The third-order valence-corrected chi connectivity index (χ3v) is 5.52. The zero-order valence-electron chi connectivity index (χ0n) is 20.0. The number of hydrogen-bond acceptors (Lipinski definition) is 4. The molecule has 0 radical (unpaired) electrons. The van der Waals surface area contributed by atoms with Crippen LogP contribution in [0, 0.1) is 18.7 Å². The van der Waals surface area contributed by atoms with Gasteiger partial charge in [-0.25, -0.2) is 4.39 Å². The Balaban J connectivity index is 1.95. The van der Waals surface area contributed by atoms with Gasteiger partial charge in [-0.2, -0.15) is 9.78 Å². The highest BCUT2D eigenvalue weighted by Gasteiger charge is 2.26. The predicted octanol–water partition coefficient (Wildman–Crippen LogP) is 6.17. The molecule has 0 spiro atoms. The molecule has 1 heterocycles. The molecule has 4 rings (SSSR count). The van der Waals surface area contributed by atoms with Gasteiger partial charge in [-0.15, -0.1) is 0 Å². The highest BCUT2D eigenvalue weighted by molar-refractivity contribution is 5.93. The number of amides is 1. The number of esters is 1. The fraction of sp³-hybridized carbons (Fsp3) is 0.179. The lowest BCUT2D eigenvalue weighted by molar-refractivity contribution is -0.132. The number of halogens is 1. The maximum Gasteiger partial charge on any atom is 0.309 e. The molecule has 7 heteroatoms. The summed E-state index contributed by atoms with van der Waals surface area (Å²) < 4.78 is 22.1. The number of ether oxygens (including phenoxy) is 1. The number of carbonyl (C=O) groups excluding carboxylic acids is 2. The van der Waals surface area contributed by atoms with E-state index < -0.39 is 11.8 Å². The van der Waals surface area contributed by atoms with E-state index in [1.165, 1.54) is 17.7 Å². The van der Waals surface area contributed by atoms with Crippen LogP contribution in [0.25, 0.3) is 28.1 Å². The van der Waals surface area contributed by atoms with Gasteiger partial charge in [0.15, 0.2) is 0 Å². The summed E-state index contributed by atoms with van der Waals surface area (Å²) in [6.45, 7) is 6.86. The monoisotopic (exact) mass is 471 g/mol. The van der Waals surface area contributed by atoms with Crippen LogP contribution in [-0.2, 0) is 9.59 Å². The van der Waals surface area contributed by atoms with Crippen LogP contribution in [-0.4, -0.2) is 21.7 Å². The van der Waals surface area contributed by atoms with Crippen LogP contribution >= 0.6 is 0 Å². The molecule has 0 fully saturated rings. The summed E-state index contributed by atoms with van der Waals surface area (Å²) in [7, 11) is 0. The molecule has 0 saturated carbocycles. The van der Waals surface area contributed by atoms with E-state index in [1.807, 2.05) is 45.0 Å². The Kier molecular flexibility index (Phi) is 6.78. The molecule has 6 nitrogen and oxygen atoms in total. The maximum atomic E-state index is 14.9. The van der Waals surface area contributed by atoms with Gasteiger partial charge in [0, 0.05) is 24.1 Å². The number of benzene rings is 3. The molecule has 0 atom stereocenters. The minimum absolute atomic E-state index is 0.0993. The Labute approximate surface area is 203 Å². The van der Waals surface area contributed by atoms with Gasteiger partial charge in [-0.1, -0.05) is 56.3 Å². The zero-order valence-corrected chi connectivity index (χ0v) is 20.0. The van der Waals surface area contributed by atoms with E-state index in [0.717, 1.165) is 5.56 Å². The standard InChI is InChI=1S/C28H26FN3O3/c1-17(2)27(34)30-21-15-13-20(14-16-21)25-26(22-10-6-7-11-23(22)29)31-32(28(25)35-19(4)33)24-12-8-5-9-18(24)3/h5-17H,1-4H3,(H,30,34). The highest BCUT2D eigenvalue weighted by atomic mass is 19.1. The Hall–Kier alpha value is -4.26. The normalized spacial score (nSPS) is 10.9. The number of nitrogens with one attached hydrogen (secondary N) is 1. The first-order valence-corrected chi connectivity index (χ1v) is 11.3. The van der Waals surface area contributed by atoms with Crippen LogP contribution in [0.2, 0.25) is 0 Å². The number of para-hydroxylation sites is 1. The summed E-state index contributed by atoms with van der Waals surface area (Å²) in [4.78, 5) is 24.2. The summed E-state index contributed by atoms with van der Waals surface area (Å²) in [6, 6.07) is 20.9. The first-order valence-electron chi connectivity index (χ1n) is 11.3. The molecule has 1 amide bonds. The number of carbonyl (C=O) groups is 2. The second-order valence-corrected chi connectivity index (χ2v) is 8.52. The number of anilines is 1. The van der Waals surface area contributed by atoms with E-state index in [2.05, 4.69) is 5.32 Å². The Bertz CT molecular complexity index is 1390. The van der Waals surface area contributed by atoms with Gasteiger partial charge in [-0.05, 0) is 48.4 Å². The lowest BCUT2D eigenvalue weighted by Gasteiger charge is -2.12. The predicted molar refractivity (Wildman–Crippen MR) is 134 cm³/mol. The van der Waals surface area contributed by atoms with Crippen molar-refractivity contribution in [2.24, 2.45) is 5.92 Å². The zero-order chi connectivity index (χ0) is 25.1. The number of aromatic nitrogens is 2. The minimum Gasteiger partial charge on any atom is -0.407 e. The van der Waals surface area contributed by atoms with E-state index >= 15 is 0 Å². The van der Waals surface area contributed by atoms with E-state index in [0.29, 0.717) is 28.2 Å². The van der Waals surface area contributed by atoms with E-state index in [9.17, 15) is 14.0 Å². The molecule has 35 heavy (non-hydrogen) atoms. The molecular formula is C28H26FN3O3. The molecule has 4 aromatic rings. The summed E-state index contributed by atoms with van der Waals surface area (Å²) in [5.41, 5.74) is 3.97. The van der Waals surface area contributed by atoms with Gasteiger partial charge in [0.05, 0.1) is 11.3 Å². The quantitative estimate of drug-likeness (QED) is 0.341. The molecule has 1 N–H and O–H groups in total. The van der Waals surface area contributed by atoms with Crippen molar-refractivity contribution >= 4 is 17.6 Å². The highest BCUT2D eigenvalue weighted by Crippen LogP contribution is 2.42. The maximum absolute atomic E-state index is 14.9. The van der Waals surface area contributed by atoms with Crippen LogP contribution in [0.3, 0.4) is 0 Å². The van der Waals surface area contributed by atoms with Gasteiger partial charge >= 0.3 is 5.97 Å². The molecule has 1 aromatic heterocycles. The van der Waals surface area contributed by atoms with Crippen LogP contribution in [0.1, 0.15) is 26.3 Å². The van der Waals surface area contributed by atoms with Crippen molar-refractivity contribution < 1.29 is 18.7 Å². The molecule has 0 aliphatic carbocycles. The third-order valence-electron chi connectivity index (χ3n) is 5.52. The average Bonchev–Trinajstić information content (AvgIpc) is 3.18. The van der Waals surface area contributed by atoms with Gasteiger partial charge in [0.25, 0.3) is 0 Å². The van der Waals surface area contributed by atoms with Crippen molar-refractivity contribution in [3.8, 4) is 34.0 Å². The Morgan fingerprint density at radius 3 is 2.26 bits per heavy atom. The first-order chi connectivity index (χ1) is 16.8. The van der Waals surface area contributed by atoms with Gasteiger partial charge < -0.3 is 10.1 Å². The number of hydrogen-bond donors (Lipinski definition) is 1. The molecule has 0 aliphatic rings. The number of nitrogens with zero attached hydrogens (tertiary/aromatic N) is 2. The molecular weight excluding hydrogens is 445 g/mol. The molecule has 178 valence electrons. The summed E-state index contributed by atoms with van der Waals surface area (Å²) in [6.07, 6.45) is 0. The van der Waals surface area contributed by atoms with E-state index in [4.69, 9.17) is 9.84 Å². The topological polar surface area (TPSA) is 73.2 Å². The fourth-order valence-electron chi connectivity index (χ4n) is 3.71. The lowest BCUT2D eigenvalue weighted by atomic mass is 10.0. The van der Waals surface area contributed by atoms with Crippen molar-refractivity contribution in [2.75, 3.05) is 5.32 Å². The van der Waals surface area contributed by atoms with Crippen molar-refractivity contribution in [1.82, 2.24) is 9.78 Å².